The molecule has 1 fully saturated rings. The van der Waals surface area contributed by atoms with Crippen LogP contribution in [0.5, 0.6) is 0 Å². The van der Waals surface area contributed by atoms with Gasteiger partial charge in [0.25, 0.3) is 0 Å². The van der Waals surface area contributed by atoms with E-state index in [9.17, 15) is 4.79 Å². The Labute approximate surface area is 87.7 Å². The van der Waals surface area contributed by atoms with E-state index < -0.39 is 5.97 Å². The molecule has 1 saturated carbocycles. The maximum atomic E-state index is 10.9. The van der Waals surface area contributed by atoms with Crippen LogP contribution in [-0.2, 0) is 18.4 Å². The summed E-state index contributed by atoms with van der Waals surface area (Å²) in [5.41, 5.74) is 0.867. The van der Waals surface area contributed by atoms with Crippen molar-refractivity contribution in [3.8, 4) is 0 Å². The molecule has 0 aromatic carbocycles. The van der Waals surface area contributed by atoms with Gasteiger partial charge in [-0.2, -0.15) is 5.10 Å². The molecule has 0 spiro atoms. The molecule has 0 bridgehead atoms. The monoisotopic (exact) mass is 210 g/mol. The standard InChI is InChI=1S/C10H14N2O3/c1-12-9(6-15-7-3-2-4-7)8(5-11-12)10(13)14/h5,7H,2-4,6H2,1H3,(H,13,14). The van der Waals surface area contributed by atoms with Crippen LogP contribution < -0.4 is 0 Å². The second-order valence-corrected chi connectivity index (χ2v) is 3.80. The third-order valence-corrected chi connectivity index (χ3v) is 2.80. The molecule has 1 aromatic rings. The van der Waals surface area contributed by atoms with E-state index in [1.165, 1.54) is 12.6 Å². The Morgan fingerprint density at radius 2 is 2.47 bits per heavy atom. The number of carboxylic acids is 1. The van der Waals surface area contributed by atoms with Gasteiger partial charge in [0.15, 0.2) is 0 Å². The summed E-state index contributed by atoms with van der Waals surface area (Å²) in [6.07, 6.45) is 5.05. The van der Waals surface area contributed by atoms with Crippen LogP contribution in [0.4, 0.5) is 0 Å². The fourth-order valence-electron chi connectivity index (χ4n) is 1.55. The summed E-state index contributed by atoms with van der Waals surface area (Å²) in [7, 11) is 1.73. The number of aromatic nitrogens is 2. The SMILES string of the molecule is Cn1ncc(C(=O)O)c1COC1CCC1. The van der Waals surface area contributed by atoms with Crippen molar-refractivity contribution in [3.63, 3.8) is 0 Å². The van der Waals surface area contributed by atoms with Crippen LogP contribution in [0.2, 0.25) is 0 Å². The van der Waals surface area contributed by atoms with E-state index in [0.29, 0.717) is 18.4 Å². The van der Waals surface area contributed by atoms with Crippen molar-refractivity contribution in [2.45, 2.75) is 32.0 Å². The summed E-state index contributed by atoms with van der Waals surface area (Å²) in [6, 6.07) is 0. The van der Waals surface area contributed by atoms with Crippen LogP contribution in [0.3, 0.4) is 0 Å². The molecule has 1 aliphatic carbocycles. The first kappa shape index (κ1) is 10.2. The van der Waals surface area contributed by atoms with Crippen molar-refractivity contribution in [1.82, 2.24) is 9.78 Å². The molecule has 0 unspecified atom stereocenters. The van der Waals surface area contributed by atoms with Crippen LogP contribution in [0.25, 0.3) is 0 Å². The van der Waals surface area contributed by atoms with E-state index in [0.717, 1.165) is 12.8 Å². The molecule has 1 aromatic heterocycles. The molecule has 5 nitrogen and oxygen atoms in total. The Morgan fingerprint density at radius 3 is 3.00 bits per heavy atom. The molecule has 1 N–H and O–H groups in total. The van der Waals surface area contributed by atoms with Crippen molar-refractivity contribution in [2.24, 2.45) is 7.05 Å². The first-order valence-electron chi connectivity index (χ1n) is 5.04. The fraction of sp³-hybridized carbons (Fsp3) is 0.600. The number of aryl methyl sites for hydroxylation is 1. The van der Waals surface area contributed by atoms with Crippen LogP contribution in [0.15, 0.2) is 6.20 Å². The van der Waals surface area contributed by atoms with Crippen molar-refractivity contribution < 1.29 is 14.6 Å². The van der Waals surface area contributed by atoms with Gasteiger partial charge in [-0.15, -0.1) is 0 Å². The molecule has 0 amide bonds. The van der Waals surface area contributed by atoms with Crippen molar-refractivity contribution in [3.05, 3.63) is 17.5 Å². The smallest absolute Gasteiger partial charge is 0.339 e. The first-order chi connectivity index (χ1) is 7.18. The maximum Gasteiger partial charge on any atom is 0.339 e. The third-order valence-electron chi connectivity index (χ3n) is 2.80. The molecule has 1 heterocycles. The highest BCUT2D eigenvalue weighted by atomic mass is 16.5. The van der Waals surface area contributed by atoms with E-state index in [1.807, 2.05) is 0 Å². The summed E-state index contributed by atoms with van der Waals surface area (Å²) in [6.45, 7) is 0.336. The van der Waals surface area contributed by atoms with E-state index in [-0.39, 0.29) is 5.56 Å². The number of carboxylic acid groups (broad SMARTS) is 1. The average molecular weight is 210 g/mol. The Balaban J connectivity index is 2.04. The lowest BCUT2D eigenvalue weighted by molar-refractivity contribution is -0.0117. The van der Waals surface area contributed by atoms with E-state index in [2.05, 4.69) is 5.10 Å². The number of aromatic carboxylic acids is 1. The van der Waals surface area contributed by atoms with E-state index in [4.69, 9.17) is 9.84 Å². The number of ether oxygens (including phenoxy) is 1. The number of carbonyl (C=O) groups is 1. The minimum absolute atomic E-state index is 0.233. The van der Waals surface area contributed by atoms with Gasteiger partial charge >= 0.3 is 5.97 Å². The molecular weight excluding hydrogens is 196 g/mol. The molecule has 0 saturated heterocycles. The van der Waals surface area contributed by atoms with Gasteiger partial charge in [0.1, 0.15) is 5.56 Å². The Hall–Kier alpha value is -1.36. The number of nitrogens with zero attached hydrogens (tertiary/aromatic N) is 2. The highest BCUT2D eigenvalue weighted by molar-refractivity contribution is 5.88. The topological polar surface area (TPSA) is 64.4 Å². The molecule has 5 heteroatoms. The second-order valence-electron chi connectivity index (χ2n) is 3.80. The highest BCUT2D eigenvalue weighted by Crippen LogP contribution is 2.23. The predicted molar refractivity (Wildman–Crippen MR) is 52.6 cm³/mol. The van der Waals surface area contributed by atoms with Crippen LogP contribution >= 0.6 is 0 Å². The van der Waals surface area contributed by atoms with Gasteiger partial charge < -0.3 is 9.84 Å². The fourth-order valence-corrected chi connectivity index (χ4v) is 1.55. The molecule has 15 heavy (non-hydrogen) atoms. The summed E-state index contributed by atoms with van der Waals surface area (Å²) < 4.78 is 7.13. The van der Waals surface area contributed by atoms with Gasteiger partial charge in [-0.1, -0.05) is 0 Å². The molecule has 0 radical (unpaired) electrons. The summed E-state index contributed by atoms with van der Waals surface area (Å²) in [4.78, 5) is 10.9. The van der Waals surface area contributed by atoms with Crippen molar-refractivity contribution in [2.75, 3.05) is 0 Å². The van der Waals surface area contributed by atoms with Crippen molar-refractivity contribution in [1.29, 1.82) is 0 Å². The minimum Gasteiger partial charge on any atom is -0.478 e. The van der Waals surface area contributed by atoms with E-state index in [1.54, 1.807) is 11.7 Å². The second kappa shape index (κ2) is 4.02. The molecule has 1 aliphatic rings. The number of rotatable bonds is 4. The maximum absolute atomic E-state index is 10.9. The van der Waals surface area contributed by atoms with Gasteiger partial charge in [0.05, 0.1) is 24.6 Å². The minimum atomic E-state index is -0.949. The zero-order valence-corrected chi connectivity index (χ0v) is 8.64. The average Bonchev–Trinajstić information content (AvgIpc) is 2.45. The van der Waals surface area contributed by atoms with Gasteiger partial charge in [0.2, 0.25) is 0 Å². The zero-order chi connectivity index (χ0) is 10.8. The number of hydrogen-bond donors (Lipinski definition) is 1. The normalized spacial score (nSPS) is 16.3. The lowest BCUT2D eigenvalue weighted by atomic mass is 9.96. The Kier molecular flexibility index (Phi) is 2.73. The molecule has 0 atom stereocenters. The van der Waals surface area contributed by atoms with Crippen molar-refractivity contribution >= 4 is 5.97 Å². The van der Waals surface area contributed by atoms with Crippen LogP contribution in [0, 0.1) is 0 Å². The van der Waals surface area contributed by atoms with Gasteiger partial charge in [-0.3, -0.25) is 4.68 Å². The quantitative estimate of drug-likeness (QED) is 0.810. The van der Waals surface area contributed by atoms with Gasteiger partial charge in [-0.05, 0) is 19.3 Å². The van der Waals surface area contributed by atoms with Crippen LogP contribution in [-0.4, -0.2) is 27.0 Å². The molecule has 2 rings (SSSR count). The first-order valence-corrected chi connectivity index (χ1v) is 5.04. The zero-order valence-electron chi connectivity index (χ0n) is 8.64. The Bertz CT molecular complexity index is 369. The largest absolute Gasteiger partial charge is 0.478 e. The lowest BCUT2D eigenvalue weighted by Crippen LogP contribution is -2.22. The highest BCUT2D eigenvalue weighted by Gasteiger charge is 2.21. The molecular formula is C10H14N2O3. The van der Waals surface area contributed by atoms with Crippen LogP contribution in [0.1, 0.15) is 35.3 Å². The van der Waals surface area contributed by atoms with Gasteiger partial charge in [0, 0.05) is 7.05 Å². The Morgan fingerprint density at radius 1 is 1.73 bits per heavy atom. The summed E-state index contributed by atoms with van der Waals surface area (Å²) >= 11 is 0. The summed E-state index contributed by atoms with van der Waals surface area (Å²) in [5.74, 6) is -0.949. The third kappa shape index (κ3) is 2.02. The summed E-state index contributed by atoms with van der Waals surface area (Å²) in [5, 5.41) is 12.8. The van der Waals surface area contributed by atoms with E-state index >= 15 is 0 Å². The molecule has 82 valence electrons. The van der Waals surface area contributed by atoms with Gasteiger partial charge in [-0.25, -0.2) is 4.79 Å². The molecule has 0 aliphatic heterocycles. The predicted octanol–water partition coefficient (Wildman–Crippen LogP) is 1.19. The lowest BCUT2D eigenvalue weighted by Gasteiger charge is -2.25. The number of hydrogen-bond acceptors (Lipinski definition) is 3.